The smallest absolute Gasteiger partial charge is 0.142 e. The van der Waals surface area contributed by atoms with Gasteiger partial charge in [-0.1, -0.05) is 72.8 Å². The molecular weight excluding hydrogens is 437 g/mol. The fraction of sp³-hybridized carbons (Fsp3) is 0.286. The van der Waals surface area contributed by atoms with Gasteiger partial charge in [0.2, 0.25) is 0 Å². The summed E-state index contributed by atoms with van der Waals surface area (Å²) in [7, 11) is 0. The van der Waals surface area contributed by atoms with Crippen LogP contribution >= 0.6 is 23.2 Å². The van der Waals surface area contributed by atoms with Crippen LogP contribution in [0.1, 0.15) is 33.3 Å². The molecule has 32 heavy (non-hydrogen) atoms. The molecule has 2 atom stereocenters. The minimum absolute atomic E-state index is 0.104. The Hall–Kier alpha value is -2.42. The molecule has 0 saturated heterocycles. The van der Waals surface area contributed by atoms with Crippen LogP contribution in [0.5, 0.6) is 5.75 Å². The lowest BCUT2D eigenvalue weighted by molar-refractivity contribution is 0.137. The first-order chi connectivity index (χ1) is 15.2. The van der Waals surface area contributed by atoms with E-state index in [-0.39, 0.29) is 12.0 Å². The number of nitrogens with one attached hydrogen (secondary N) is 1. The lowest BCUT2D eigenvalue weighted by Crippen LogP contribution is -2.44. The Labute approximate surface area is 203 Å². The number of allylic oxidation sites excluding steroid dienone is 4. The zero-order valence-electron chi connectivity index (χ0n) is 19.4. The van der Waals surface area contributed by atoms with Crippen LogP contribution in [-0.4, -0.2) is 11.6 Å². The highest BCUT2D eigenvalue weighted by molar-refractivity contribution is 6.30. The van der Waals surface area contributed by atoms with E-state index in [1.54, 1.807) is 6.08 Å². The van der Waals surface area contributed by atoms with Gasteiger partial charge in [0.25, 0.3) is 0 Å². The molecule has 0 fully saturated rings. The predicted octanol–water partition coefficient (Wildman–Crippen LogP) is 8.19. The molecule has 0 aromatic heterocycles. The lowest BCUT2D eigenvalue weighted by atomic mass is 9.85. The average Bonchev–Trinajstić information content (AvgIpc) is 2.76. The molecular formula is C28H33Cl2NO. The van der Waals surface area contributed by atoms with Gasteiger partial charge in [0.1, 0.15) is 11.4 Å². The molecule has 2 aromatic rings. The summed E-state index contributed by atoms with van der Waals surface area (Å²) in [4.78, 5) is 0. The van der Waals surface area contributed by atoms with Gasteiger partial charge < -0.3 is 10.1 Å². The van der Waals surface area contributed by atoms with Crippen LogP contribution < -0.4 is 10.1 Å². The maximum Gasteiger partial charge on any atom is 0.142 e. The Kier molecular flexibility index (Phi) is 9.68. The first-order valence-electron chi connectivity index (χ1n) is 10.8. The molecule has 0 saturated carbocycles. The predicted molar refractivity (Wildman–Crippen MR) is 140 cm³/mol. The van der Waals surface area contributed by atoms with Gasteiger partial charge in [-0.3, -0.25) is 0 Å². The second kappa shape index (κ2) is 12.0. The Morgan fingerprint density at radius 1 is 1.06 bits per heavy atom. The monoisotopic (exact) mass is 469 g/mol. The minimum atomic E-state index is -0.611. The van der Waals surface area contributed by atoms with Crippen LogP contribution in [0.3, 0.4) is 0 Å². The summed E-state index contributed by atoms with van der Waals surface area (Å²) in [6, 6.07) is 15.5. The number of benzene rings is 2. The van der Waals surface area contributed by atoms with E-state index >= 15 is 0 Å². The highest BCUT2D eigenvalue weighted by Crippen LogP contribution is 2.28. The molecule has 4 heteroatoms. The van der Waals surface area contributed by atoms with Gasteiger partial charge in [-0.2, -0.15) is 0 Å². The number of hydrogen-bond acceptors (Lipinski definition) is 2. The van der Waals surface area contributed by atoms with Gasteiger partial charge in [-0.05, 0) is 81.7 Å². The molecule has 0 aliphatic heterocycles. The van der Waals surface area contributed by atoms with Gasteiger partial charge in [0.05, 0.1) is 0 Å². The second-order valence-corrected chi connectivity index (χ2v) is 9.17. The van der Waals surface area contributed by atoms with Gasteiger partial charge in [-0.15, -0.1) is 0 Å². The van der Waals surface area contributed by atoms with Crippen LogP contribution in [0.25, 0.3) is 0 Å². The molecule has 0 radical (unpaired) electrons. The maximum atomic E-state index is 6.21. The van der Waals surface area contributed by atoms with Gasteiger partial charge in [0.15, 0.2) is 0 Å². The molecule has 2 aromatic carbocycles. The molecule has 1 N–H and O–H groups in total. The van der Waals surface area contributed by atoms with Crippen LogP contribution in [0.2, 0.25) is 10.0 Å². The summed E-state index contributed by atoms with van der Waals surface area (Å²) in [6.07, 6.45) is 8.89. The first-order valence-corrected chi connectivity index (χ1v) is 11.5. The number of hydrogen-bond donors (Lipinski definition) is 1. The largest absolute Gasteiger partial charge is 0.482 e. The van der Waals surface area contributed by atoms with Crippen LogP contribution in [0.4, 0.5) is 0 Å². The highest BCUT2D eigenvalue weighted by atomic mass is 35.5. The zero-order chi connectivity index (χ0) is 23.7. The third kappa shape index (κ3) is 7.62. The van der Waals surface area contributed by atoms with E-state index in [2.05, 4.69) is 56.6 Å². The van der Waals surface area contributed by atoms with Crippen molar-refractivity contribution in [3.8, 4) is 5.75 Å². The number of halogens is 2. The maximum absolute atomic E-state index is 6.21. The fourth-order valence-corrected chi connectivity index (χ4v) is 3.73. The number of ether oxygens (including phenoxy) is 1. The molecule has 0 spiro atoms. The van der Waals surface area contributed by atoms with Crippen molar-refractivity contribution in [2.75, 3.05) is 0 Å². The van der Waals surface area contributed by atoms with Gasteiger partial charge in [0, 0.05) is 27.7 Å². The van der Waals surface area contributed by atoms with E-state index < -0.39 is 5.60 Å². The third-order valence-corrected chi connectivity index (χ3v) is 5.98. The van der Waals surface area contributed by atoms with E-state index in [0.29, 0.717) is 5.02 Å². The van der Waals surface area contributed by atoms with Crippen molar-refractivity contribution >= 4 is 23.2 Å². The van der Waals surface area contributed by atoms with Crippen molar-refractivity contribution in [3.63, 3.8) is 0 Å². The molecule has 2 rings (SSSR count). The van der Waals surface area contributed by atoms with Crippen LogP contribution in [0, 0.1) is 5.92 Å². The third-order valence-electron chi connectivity index (χ3n) is 5.47. The Balaban J connectivity index is 2.21. The van der Waals surface area contributed by atoms with Crippen molar-refractivity contribution in [3.05, 3.63) is 113 Å². The van der Waals surface area contributed by atoms with Crippen molar-refractivity contribution in [1.82, 2.24) is 5.32 Å². The molecule has 2 nitrogen and oxygen atoms in total. The van der Waals surface area contributed by atoms with Crippen molar-refractivity contribution in [1.29, 1.82) is 0 Å². The first kappa shape index (κ1) is 25.8. The van der Waals surface area contributed by atoms with Crippen LogP contribution in [0.15, 0.2) is 97.3 Å². The molecule has 0 bridgehead atoms. The summed E-state index contributed by atoms with van der Waals surface area (Å²) >= 11 is 12.1. The SMILES string of the molecule is C=C/C=C\C(=C/C)C(Cc1ccc(Cl)cc1)C(C)NC(=C)C(C)(C)Oc1ccc(Cl)cc1. The molecule has 2 unspecified atom stereocenters. The van der Waals surface area contributed by atoms with E-state index in [9.17, 15) is 0 Å². The number of rotatable bonds is 11. The molecule has 0 heterocycles. The standard InChI is InChI=1S/C28H33Cl2NO/c1-7-9-10-23(8-2)27(19-22-11-13-24(29)14-12-22)20(3)31-21(4)28(5,6)32-26-17-15-25(30)16-18-26/h7-18,20,27,31H,1,4,19H2,2-3,5-6H3/b10-9-,23-8+. The molecule has 0 aliphatic rings. The van der Waals surface area contributed by atoms with E-state index in [1.165, 1.54) is 11.1 Å². The molecule has 0 amide bonds. The zero-order valence-corrected chi connectivity index (χ0v) is 20.9. The van der Waals surface area contributed by atoms with Gasteiger partial charge in [-0.25, -0.2) is 0 Å². The molecule has 170 valence electrons. The normalized spacial score (nSPS) is 14.1. The summed E-state index contributed by atoms with van der Waals surface area (Å²) in [6.45, 7) is 16.4. The van der Waals surface area contributed by atoms with Crippen molar-refractivity contribution in [2.24, 2.45) is 5.92 Å². The summed E-state index contributed by atoms with van der Waals surface area (Å²) in [5.74, 6) is 0.955. The van der Waals surface area contributed by atoms with E-state index in [4.69, 9.17) is 27.9 Å². The van der Waals surface area contributed by atoms with E-state index in [1.807, 2.05) is 56.3 Å². The summed E-state index contributed by atoms with van der Waals surface area (Å²) < 4.78 is 6.21. The summed E-state index contributed by atoms with van der Waals surface area (Å²) in [5.41, 5.74) is 2.65. The Morgan fingerprint density at radius 2 is 1.62 bits per heavy atom. The Morgan fingerprint density at radius 3 is 2.16 bits per heavy atom. The molecule has 0 aliphatic carbocycles. The van der Waals surface area contributed by atoms with Gasteiger partial charge >= 0.3 is 0 Å². The average molecular weight is 470 g/mol. The minimum Gasteiger partial charge on any atom is -0.482 e. The van der Waals surface area contributed by atoms with Crippen molar-refractivity contribution in [2.45, 2.75) is 45.8 Å². The topological polar surface area (TPSA) is 21.3 Å². The van der Waals surface area contributed by atoms with Crippen LogP contribution in [-0.2, 0) is 6.42 Å². The van der Waals surface area contributed by atoms with E-state index in [0.717, 1.165) is 22.9 Å². The lowest BCUT2D eigenvalue weighted by Gasteiger charge is -2.34. The summed E-state index contributed by atoms with van der Waals surface area (Å²) in [5, 5.41) is 5.02. The second-order valence-electron chi connectivity index (χ2n) is 8.30. The quantitative estimate of drug-likeness (QED) is 0.334. The Bertz CT molecular complexity index is 956. The fourth-order valence-electron chi connectivity index (χ4n) is 3.48. The highest BCUT2D eigenvalue weighted by Gasteiger charge is 2.28. The van der Waals surface area contributed by atoms with Crippen molar-refractivity contribution < 1.29 is 4.74 Å².